The first-order valence-electron chi connectivity index (χ1n) is 6.66. The van der Waals surface area contributed by atoms with Gasteiger partial charge in [0, 0.05) is 0 Å². The van der Waals surface area contributed by atoms with E-state index in [9.17, 15) is 9.90 Å². The minimum absolute atomic E-state index is 0.0704. The van der Waals surface area contributed by atoms with Gasteiger partial charge in [0.05, 0.1) is 25.2 Å². The largest absolute Gasteiger partial charge is 0.458 e. The summed E-state index contributed by atoms with van der Waals surface area (Å²) < 4.78 is 6.67. The molecule has 0 saturated carbocycles. The number of aliphatic hydroxyl groups is 2. The summed E-state index contributed by atoms with van der Waals surface area (Å²) in [5, 5.41) is 17.9. The van der Waals surface area contributed by atoms with E-state index in [-0.39, 0.29) is 12.6 Å². The lowest BCUT2D eigenvalue weighted by Crippen LogP contribution is -2.23. The molecule has 1 aromatic heterocycles. The molecule has 0 spiro atoms. The number of hydrogen-bond donors (Lipinski definition) is 2. The highest BCUT2D eigenvalue weighted by Gasteiger charge is 2.19. The molecule has 21 heavy (non-hydrogen) atoms. The fourth-order valence-corrected chi connectivity index (χ4v) is 1.96. The van der Waals surface area contributed by atoms with Crippen molar-refractivity contribution < 1.29 is 19.7 Å². The summed E-state index contributed by atoms with van der Waals surface area (Å²) >= 11 is 0. The number of aromatic nitrogens is 2. The molecule has 1 aromatic carbocycles. The molecule has 0 amide bonds. The quantitative estimate of drug-likeness (QED) is 0.775. The SMILES string of the molecule is C[C@H](c1ccccc1)n1cncc1C(=O)OCC(O)CO. The van der Waals surface area contributed by atoms with Gasteiger partial charge in [-0.3, -0.25) is 0 Å². The van der Waals surface area contributed by atoms with E-state index in [4.69, 9.17) is 9.84 Å². The van der Waals surface area contributed by atoms with Crippen molar-refractivity contribution in [2.45, 2.75) is 19.1 Å². The highest BCUT2D eigenvalue weighted by atomic mass is 16.5. The Hall–Kier alpha value is -2.18. The monoisotopic (exact) mass is 290 g/mol. The summed E-state index contributed by atoms with van der Waals surface area (Å²) in [5.74, 6) is -0.581. The summed E-state index contributed by atoms with van der Waals surface area (Å²) in [5.41, 5.74) is 1.34. The molecule has 0 radical (unpaired) electrons. The van der Waals surface area contributed by atoms with Gasteiger partial charge >= 0.3 is 5.97 Å². The second-order valence-electron chi connectivity index (χ2n) is 4.71. The second kappa shape index (κ2) is 7.01. The Kier molecular flexibility index (Phi) is 5.08. The van der Waals surface area contributed by atoms with Crippen molar-refractivity contribution in [3.63, 3.8) is 0 Å². The number of nitrogens with zero attached hydrogens (tertiary/aromatic N) is 2. The normalized spacial score (nSPS) is 13.7. The van der Waals surface area contributed by atoms with Gasteiger partial charge in [-0.25, -0.2) is 9.78 Å². The average molecular weight is 290 g/mol. The number of ether oxygens (including phenoxy) is 1. The van der Waals surface area contributed by atoms with E-state index in [1.54, 1.807) is 10.9 Å². The number of aliphatic hydroxyl groups excluding tert-OH is 2. The summed E-state index contributed by atoms with van der Waals surface area (Å²) in [6.07, 6.45) is 1.92. The Morgan fingerprint density at radius 1 is 1.38 bits per heavy atom. The number of esters is 1. The lowest BCUT2D eigenvalue weighted by Gasteiger charge is -2.16. The van der Waals surface area contributed by atoms with Crippen molar-refractivity contribution in [3.05, 3.63) is 54.1 Å². The van der Waals surface area contributed by atoms with Crippen LogP contribution in [-0.4, -0.2) is 45.1 Å². The first-order valence-corrected chi connectivity index (χ1v) is 6.66. The molecule has 0 aliphatic carbocycles. The van der Waals surface area contributed by atoms with Gasteiger partial charge in [-0.05, 0) is 12.5 Å². The van der Waals surface area contributed by atoms with Gasteiger partial charge in [-0.15, -0.1) is 0 Å². The molecule has 0 fully saturated rings. The number of rotatable bonds is 6. The van der Waals surface area contributed by atoms with E-state index in [1.807, 2.05) is 37.3 Å². The fraction of sp³-hybridized carbons (Fsp3) is 0.333. The van der Waals surface area contributed by atoms with Crippen molar-refractivity contribution in [1.82, 2.24) is 9.55 Å². The molecule has 1 heterocycles. The standard InChI is InChI=1S/C15H18N2O4/c1-11(12-5-3-2-4-6-12)17-10-16-7-14(17)15(20)21-9-13(19)8-18/h2-7,10-11,13,18-19H,8-9H2,1H3/t11-,13?/m1/s1. The van der Waals surface area contributed by atoms with Crippen LogP contribution >= 0.6 is 0 Å². The molecule has 1 unspecified atom stereocenters. The summed E-state index contributed by atoms with van der Waals surface area (Å²) in [6.45, 7) is 1.25. The molecule has 6 heteroatoms. The van der Waals surface area contributed by atoms with E-state index >= 15 is 0 Å². The maximum absolute atomic E-state index is 12.0. The molecule has 2 aromatic rings. The molecular formula is C15H18N2O4. The van der Waals surface area contributed by atoms with Gasteiger partial charge in [-0.2, -0.15) is 0 Å². The number of carbonyl (C=O) groups excluding carboxylic acids is 1. The number of carbonyl (C=O) groups is 1. The van der Waals surface area contributed by atoms with E-state index < -0.39 is 18.7 Å². The third kappa shape index (κ3) is 3.68. The van der Waals surface area contributed by atoms with Crippen LogP contribution in [0.3, 0.4) is 0 Å². The van der Waals surface area contributed by atoms with Gasteiger partial charge in [0.2, 0.25) is 0 Å². The Morgan fingerprint density at radius 2 is 2.10 bits per heavy atom. The molecule has 0 aliphatic rings. The molecule has 2 atom stereocenters. The lowest BCUT2D eigenvalue weighted by molar-refractivity contribution is 0.00847. The summed E-state index contributed by atoms with van der Waals surface area (Å²) in [6, 6.07) is 9.65. The summed E-state index contributed by atoms with van der Waals surface area (Å²) in [4.78, 5) is 16.0. The van der Waals surface area contributed by atoms with Gasteiger partial charge in [0.15, 0.2) is 0 Å². The van der Waals surface area contributed by atoms with Gasteiger partial charge in [-0.1, -0.05) is 30.3 Å². The van der Waals surface area contributed by atoms with Crippen LogP contribution in [0.25, 0.3) is 0 Å². The van der Waals surface area contributed by atoms with Crippen LogP contribution in [0.1, 0.15) is 29.0 Å². The molecule has 0 bridgehead atoms. The molecule has 0 aliphatic heterocycles. The van der Waals surface area contributed by atoms with Gasteiger partial charge in [0.1, 0.15) is 18.4 Å². The predicted octanol–water partition coefficient (Wildman–Crippen LogP) is 1.00. The van der Waals surface area contributed by atoms with Crippen LogP contribution in [0.2, 0.25) is 0 Å². The van der Waals surface area contributed by atoms with Gasteiger partial charge in [0.25, 0.3) is 0 Å². The van der Waals surface area contributed by atoms with Crippen molar-refractivity contribution in [2.75, 3.05) is 13.2 Å². The highest BCUT2D eigenvalue weighted by molar-refractivity contribution is 5.87. The highest BCUT2D eigenvalue weighted by Crippen LogP contribution is 2.19. The topological polar surface area (TPSA) is 84.6 Å². The van der Waals surface area contributed by atoms with Crippen LogP contribution in [0, 0.1) is 0 Å². The molecule has 0 saturated heterocycles. The number of imidazole rings is 1. The maximum Gasteiger partial charge on any atom is 0.356 e. The van der Waals surface area contributed by atoms with Gasteiger partial charge < -0.3 is 19.5 Å². The first-order chi connectivity index (χ1) is 10.1. The maximum atomic E-state index is 12.0. The third-order valence-electron chi connectivity index (χ3n) is 3.19. The summed E-state index contributed by atoms with van der Waals surface area (Å²) in [7, 11) is 0. The number of benzene rings is 1. The minimum atomic E-state index is -1.07. The molecule has 6 nitrogen and oxygen atoms in total. The van der Waals surface area contributed by atoms with Crippen molar-refractivity contribution in [2.24, 2.45) is 0 Å². The zero-order valence-electron chi connectivity index (χ0n) is 11.7. The van der Waals surface area contributed by atoms with E-state index in [0.29, 0.717) is 5.69 Å². The minimum Gasteiger partial charge on any atom is -0.458 e. The zero-order chi connectivity index (χ0) is 15.2. The predicted molar refractivity (Wildman–Crippen MR) is 75.9 cm³/mol. The lowest BCUT2D eigenvalue weighted by atomic mass is 10.1. The zero-order valence-corrected chi connectivity index (χ0v) is 11.7. The van der Waals surface area contributed by atoms with Crippen LogP contribution in [0.4, 0.5) is 0 Å². The Labute approximate surface area is 122 Å². The van der Waals surface area contributed by atoms with E-state index in [2.05, 4.69) is 4.98 Å². The van der Waals surface area contributed by atoms with Crippen LogP contribution in [0.5, 0.6) is 0 Å². The smallest absolute Gasteiger partial charge is 0.356 e. The Balaban J connectivity index is 2.13. The Bertz CT molecular complexity index is 582. The molecule has 112 valence electrons. The van der Waals surface area contributed by atoms with Crippen molar-refractivity contribution in [3.8, 4) is 0 Å². The van der Waals surface area contributed by atoms with Crippen LogP contribution in [-0.2, 0) is 4.74 Å². The third-order valence-corrected chi connectivity index (χ3v) is 3.19. The molecular weight excluding hydrogens is 272 g/mol. The van der Waals surface area contributed by atoms with Crippen molar-refractivity contribution >= 4 is 5.97 Å². The molecule has 2 rings (SSSR count). The van der Waals surface area contributed by atoms with Crippen molar-refractivity contribution in [1.29, 1.82) is 0 Å². The first kappa shape index (κ1) is 15.2. The van der Waals surface area contributed by atoms with Crippen LogP contribution in [0.15, 0.2) is 42.9 Å². The molecule has 2 N–H and O–H groups in total. The number of hydrogen-bond acceptors (Lipinski definition) is 5. The van der Waals surface area contributed by atoms with E-state index in [1.165, 1.54) is 6.20 Å². The van der Waals surface area contributed by atoms with E-state index in [0.717, 1.165) is 5.56 Å². The Morgan fingerprint density at radius 3 is 2.76 bits per heavy atom. The second-order valence-corrected chi connectivity index (χ2v) is 4.71. The van der Waals surface area contributed by atoms with Crippen LogP contribution < -0.4 is 0 Å². The average Bonchev–Trinajstić information content (AvgIpc) is 3.01. The fourth-order valence-electron chi connectivity index (χ4n) is 1.96.